The van der Waals surface area contributed by atoms with Gasteiger partial charge in [-0.1, -0.05) is 13.8 Å². The lowest BCUT2D eigenvalue weighted by Gasteiger charge is -2.27. The minimum absolute atomic E-state index is 0.0293. The van der Waals surface area contributed by atoms with Crippen LogP contribution < -0.4 is 9.46 Å². The van der Waals surface area contributed by atoms with Crippen molar-refractivity contribution >= 4 is 16.0 Å². The molecule has 1 atom stereocenters. The molecule has 0 heterocycles. The minimum atomic E-state index is -4.02. The molecule has 0 saturated heterocycles. The summed E-state index contributed by atoms with van der Waals surface area (Å²) in [5.41, 5.74) is -1.40. The number of hydrogen-bond donors (Lipinski definition) is 3. The van der Waals surface area contributed by atoms with Crippen LogP contribution in [0.5, 0.6) is 5.75 Å². The van der Waals surface area contributed by atoms with Crippen LogP contribution >= 0.6 is 0 Å². The second-order valence-electron chi connectivity index (χ2n) is 5.51. The van der Waals surface area contributed by atoms with Crippen molar-refractivity contribution in [2.24, 2.45) is 5.92 Å². The van der Waals surface area contributed by atoms with Gasteiger partial charge in [0.2, 0.25) is 10.0 Å². The number of benzene rings is 1. The summed E-state index contributed by atoms with van der Waals surface area (Å²) in [5, 5.41) is 19.1. The van der Waals surface area contributed by atoms with Crippen LogP contribution in [0.4, 0.5) is 0 Å². The van der Waals surface area contributed by atoms with Crippen molar-refractivity contribution in [2.45, 2.75) is 31.3 Å². The van der Waals surface area contributed by atoms with Crippen LogP contribution in [0.3, 0.4) is 0 Å². The Labute approximate surface area is 130 Å². The standard InChI is InChI=1S/C14H21NO6S/c1-9(2)14(3,18)8-15-22(19,20)12-7-10(13(16)17)5-6-11(12)21-4/h5-7,9,15,18H,8H2,1-4H3,(H,16,17). The molecular weight excluding hydrogens is 310 g/mol. The largest absolute Gasteiger partial charge is 0.495 e. The SMILES string of the molecule is COc1ccc(C(=O)O)cc1S(=O)(=O)NCC(C)(O)C(C)C. The van der Waals surface area contributed by atoms with Gasteiger partial charge >= 0.3 is 5.97 Å². The van der Waals surface area contributed by atoms with E-state index in [4.69, 9.17) is 9.84 Å². The molecular formula is C14H21NO6S. The zero-order valence-electron chi connectivity index (χ0n) is 13.0. The lowest BCUT2D eigenvalue weighted by Crippen LogP contribution is -2.44. The summed E-state index contributed by atoms with van der Waals surface area (Å²) in [5.74, 6) is -1.38. The highest BCUT2D eigenvalue weighted by Crippen LogP contribution is 2.25. The first-order valence-electron chi connectivity index (χ1n) is 6.64. The highest BCUT2D eigenvalue weighted by molar-refractivity contribution is 7.89. The van der Waals surface area contributed by atoms with Gasteiger partial charge in [-0.2, -0.15) is 0 Å². The number of ether oxygens (including phenoxy) is 1. The second-order valence-corrected chi connectivity index (χ2v) is 7.24. The number of hydrogen-bond acceptors (Lipinski definition) is 5. The van der Waals surface area contributed by atoms with Crippen LogP contribution in [0, 0.1) is 5.92 Å². The van der Waals surface area contributed by atoms with Crippen molar-refractivity contribution in [3.05, 3.63) is 23.8 Å². The third kappa shape index (κ3) is 4.19. The number of aliphatic hydroxyl groups is 1. The van der Waals surface area contributed by atoms with Gasteiger partial charge in [0.1, 0.15) is 10.6 Å². The summed E-state index contributed by atoms with van der Waals surface area (Å²) in [7, 11) is -2.73. The highest BCUT2D eigenvalue weighted by atomic mass is 32.2. The molecule has 0 aliphatic carbocycles. The molecule has 0 fully saturated rings. The van der Waals surface area contributed by atoms with Crippen LogP contribution in [-0.2, 0) is 10.0 Å². The van der Waals surface area contributed by atoms with Gasteiger partial charge in [-0.15, -0.1) is 0 Å². The molecule has 0 aliphatic heterocycles. The van der Waals surface area contributed by atoms with E-state index < -0.39 is 21.6 Å². The molecule has 22 heavy (non-hydrogen) atoms. The molecule has 0 saturated carbocycles. The molecule has 0 amide bonds. The number of aromatic carboxylic acids is 1. The van der Waals surface area contributed by atoms with Crippen molar-refractivity contribution in [1.82, 2.24) is 4.72 Å². The summed E-state index contributed by atoms with van der Waals surface area (Å²) in [6, 6.07) is 3.55. The molecule has 124 valence electrons. The number of carboxylic acids is 1. The first kappa shape index (κ1) is 18.4. The van der Waals surface area contributed by atoms with Crippen LogP contribution in [0.15, 0.2) is 23.1 Å². The Balaban J connectivity index is 3.16. The molecule has 8 heteroatoms. The van der Waals surface area contributed by atoms with Gasteiger partial charge in [-0.25, -0.2) is 17.9 Å². The van der Waals surface area contributed by atoms with E-state index in [1.807, 2.05) is 0 Å². The van der Waals surface area contributed by atoms with Gasteiger partial charge < -0.3 is 14.9 Å². The third-order valence-corrected chi connectivity index (χ3v) is 4.99. The van der Waals surface area contributed by atoms with Crippen molar-refractivity contribution in [1.29, 1.82) is 0 Å². The molecule has 1 unspecified atom stereocenters. The molecule has 3 N–H and O–H groups in total. The number of methoxy groups -OCH3 is 1. The van der Waals surface area contributed by atoms with Gasteiger partial charge in [0, 0.05) is 6.54 Å². The minimum Gasteiger partial charge on any atom is -0.495 e. The maximum Gasteiger partial charge on any atom is 0.335 e. The Hall–Kier alpha value is -1.64. The monoisotopic (exact) mass is 331 g/mol. The van der Waals surface area contributed by atoms with E-state index in [1.54, 1.807) is 13.8 Å². The summed E-state index contributed by atoms with van der Waals surface area (Å²) in [6.45, 7) is 4.85. The Morgan fingerprint density at radius 3 is 2.45 bits per heavy atom. The zero-order chi connectivity index (χ0) is 17.1. The summed E-state index contributed by atoms with van der Waals surface area (Å²) in [4.78, 5) is 10.7. The van der Waals surface area contributed by atoms with Crippen LogP contribution in [-0.4, -0.2) is 43.9 Å². The fourth-order valence-electron chi connectivity index (χ4n) is 1.54. The zero-order valence-corrected chi connectivity index (χ0v) is 13.8. The number of carboxylic acid groups (broad SMARTS) is 1. The average Bonchev–Trinajstić information content (AvgIpc) is 2.44. The molecule has 0 bridgehead atoms. The van der Waals surface area contributed by atoms with E-state index in [9.17, 15) is 18.3 Å². The first-order valence-corrected chi connectivity index (χ1v) is 8.13. The number of carbonyl (C=O) groups is 1. The first-order chi connectivity index (χ1) is 10.0. The Bertz CT molecular complexity index is 651. The predicted octanol–water partition coefficient (Wildman–Crippen LogP) is 1.08. The Morgan fingerprint density at radius 1 is 1.41 bits per heavy atom. The topological polar surface area (TPSA) is 113 Å². The van der Waals surface area contributed by atoms with E-state index in [0.29, 0.717) is 0 Å². The van der Waals surface area contributed by atoms with E-state index in [0.717, 1.165) is 6.07 Å². The van der Waals surface area contributed by atoms with Gasteiger partial charge in [-0.3, -0.25) is 0 Å². The normalized spacial score (nSPS) is 14.6. The number of nitrogens with one attached hydrogen (secondary N) is 1. The Morgan fingerprint density at radius 2 is 2.00 bits per heavy atom. The maximum atomic E-state index is 12.4. The fourth-order valence-corrected chi connectivity index (χ4v) is 2.88. The predicted molar refractivity (Wildman–Crippen MR) is 80.6 cm³/mol. The van der Waals surface area contributed by atoms with Gasteiger partial charge in [0.05, 0.1) is 18.3 Å². The van der Waals surface area contributed by atoms with E-state index in [2.05, 4.69) is 4.72 Å². The van der Waals surface area contributed by atoms with E-state index in [1.165, 1.54) is 26.2 Å². The highest BCUT2D eigenvalue weighted by Gasteiger charge is 2.29. The maximum absolute atomic E-state index is 12.4. The van der Waals surface area contributed by atoms with Crippen molar-refractivity contribution in [3.63, 3.8) is 0 Å². The molecule has 1 aromatic carbocycles. The van der Waals surface area contributed by atoms with Crippen molar-refractivity contribution in [3.8, 4) is 5.75 Å². The number of sulfonamides is 1. The number of rotatable bonds is 7. The second kappa shape index (κ2) is 6.64. The fraction of sp³-hybridized carbons (Fsp3) is 0.500. The van der Waals surface area contributed by atoms with Crippen molar-refractivity contribution in [2.75, 3.05) is 13.7 Å². The summed E-state index contributed by atoms with van der Waals surface area (Å²) < 4.78 is 32.0. The molecule has 7 nitrogen and oxygen atoms in total. The van der Waals surface area contributed by atoms with Gasteiger partial charge in [0.25, 0.3) is 0 Å². The lowest BCUT2D eigenvalue weighted by molar-refractivity contribution is 0.0190. The van der Waals surface area contributed by atoms with Gasteiger partial charge in [-0.05, 0) is 31.0 Å². The van der Waals surface area contributed by atoms with Crippen LogP contribution in [0.25, 0.3) is 0 Å². The van der Waals surface area contributed by atoms with Crippen LogP contribution in [0.1, 0.15) is 31.1 Å². The molecule has 1 aromatic rings. The molecule has 1 rings (SSSR count). The molecule has 0 spiro atoms. The van der Waals surface area contributed by atoms with E-state index >= 15 is 0 Å². The average molecular weight is 331 g/mol. The molecule has 0 radical (unpaired) electrons. The molecule has 0 aliphatic rings. The molecule has 0 aromatic heterocycles. The van der Waals surface area contributed by atoms with Gasteiger partial charge in [0.15, 0.2) is 0 Å². The van der Waals surface area contributed by atoms with E-state index in [-0.39, 0.29) is 28.7 Å². The lowest BCUT2D eigenvalue weighted by atomic mass is 9.93. The summed E-state index contributed by atoms with van der Waals surface area (Å²) >= 11 is 0. The van der Waals surface area contributed by atoms with Crippen molar-refractivity contribution < 1.29 is 28.2 Å². The summed E-state index contributed by atoms with van der Waals surface area (Å²) in [6.07, 6.45) is 0. The Kier molecular flexibility index (Phi) is 5.55. The quantitative estimate of drug-likeness (QED) is 0.689. The smallest absolute Gasteiger partial charge is 0.335 e. The third-order valence-electron chi connectivity index (χ3n) is 3.56. The van der Waals surface area contributed by atoms with Crippen LogP contribution in [0.2, 0.25) is 0 Å².